The maximum Gasteiger partial charge on any atom is 0.293 e. The van der Waals surface area contributed by atoms with Gasteiger partial charge in [-0.3, -0.25) is 19.9 Å². The van der Waals surface area contributed by atoms with Crippen molar-refractivity contribution in [3.63, 3.8) is 0 Å². The minimum absolute atomic E-state index is 0.0864. The van der Waals surface area contributed by atoms with Gasteiger partial charge in [0, 0.05) is 25.0 Å². The van der Waals surface area contributed by atoms with Gasteiger partial charge >= 0.3 is 0 Å². The highest BCUT2D eigenvalue weighted by Crippen LogP contribution is 2.23. The van der Waals surface area contributed by atoms with E-state index in [-0.39, 0.29) is 29.9 Å². The molecule has 162 valence electrons. The Kier molecular flexibility index (Phi) is 6.45. The molecule has 1 amide bonds. The van der Waals surface area contributed by atoms with E-state index in [9.17, 15) is 19.1 Å². The zero-order chi connectivity index (χ0) is 22.6. The lowest BCUT2D eigenvalue weighted by Crippen LogP contribution is -2.41. The smallest absolute Gasteiger partial charge is 0.293 e. The zero-order valence-electron chi connectivity index (χ0n) is 17.4. The van der Waals surface area contributed by atoms with E-state index in [0.29, 0.717) is 5.56 Å². The van der Waals surface area contributed by atoms with Crippen molar-refractivity contribution in [1.29, 1.82) is 0 Å². The van der Waals surface area contributed by atoms with Gasteiger partial charge in [-0.1, -0.05) is 12.1 Å². The molecule has 0 radical (unpaired) electrons. The number of carbonyl (C=O) groups excluding carboxylic acids is 1. The number of nitrogens with zero attached hydrogens (tertiary/aromatic N) is 2. The van der Waals surface area contributed by atoms with Gasteiger partial charge in [-0.15, -0.1) is 0 Å². The molecular formula is C22H24FN5O3. The minimum atomic E-state index is -0.832. The van der Waals surface area contributed by atoms with Crippen LogP contribution in [0.1, 0.15) is 54.3 Å². The van der Waals surface area contributed by atoms with E-state index in [1.807, 2.05) is 19.1 Å². The number of H-pyrrole nitrogens is 1. The molecule has 0 saturated carbocycles. The maximum atomic E-state index is 13.0. The number of pyridine rings is 1. The molecule has 9 heteroatoms. The first-order chi connectivity index (χ1) is 14.7. The molecule has 0 spiro atoms. The van der Waals surface area contributed by atoms with Crippen LogP contribution in [0.4, 0.5) is 4.39 Å². The SMILES string of the molecule is CC(NC(C)(C)c1nc(C(=O)NCc2ccc(F)cc2)c(O)c(=O)[nH]1)c1ccncc1. The lowest BCUT2D eigenvalue weighted by Gasteiger charge is -2.29. The number of carbonyl (C=O) groups is 1. The molecule has 0 aliphatic rings. The van der Waals surface area contributed by atoms with Gasteiger partial charge in [0.05, 0.1) is 5.54 Å². The van der Waals surface area contributed by atoms with Crippen molar-refractivity contribution < 1.29 is 14.3 Å². The minimum Gasteiger partial charge on any atom is -0.501 e. The predicted octanol–water partition coefficient (Wildman–Crippen LogP) is 2.53. The van der Waals surface area contributed by atoms with Crippen LogP contribution < -0.4 is 16.2 Å². The van der Waals surface area contributed by atoms with Crippen molar-refractivity contribution in [3.05, 3.63) is 87.6 Å². The highest BCUT2D eigenvalue weighted by Gasteiger charge is 2.29. The largest absolute Gasteiger partial charge is 0.501 e. The molecule has 2 heterocycles. The van der Waals surface area contributed by atoms with Gasteiger partial charge < -0.3 is 15.4 Å². The second-order valence-corrected chi connectivity index (χ2v) is 7.69. The number of aromatic nitrogens is 3. The summed E-state index contributed by atoms with van der Waals surface area (Å²) in [7, 11) is 0. The van der Waals surface area contributed by atoms with E-state index in [1.165, 1.54) is 24.3 Å². The molecular weight excluding hydrogens is 401 g/mol. The lowest BCUT2D eigenvalue weighted by molar-refractivity contribution is 0.0941. The van der Waals surface area contributed by atoms with Crippen molar-refractivity contribution in [1.82, 2.24) is 25.6 Å². The van der Waals surface area contributed by atoms with E-state index < -0.39 is 22.8 Å². The van der Waals surface area contributed by atoms with Crippen LogP contribution in [0.5, 0.6) is 5.75 Å². The van der Waals surface area contributed by atoms with Crippen molar-refractivity contribution >= 4 is 5.91 Å². The fourth-order valence-electron chi connectivity index (χ4n) is 3.13. The third-order valence-electron chi connectivity index (χ3n) is 4.85. The van der Waals surface area contributed by atoms with Crippen LogP contribution in [0.3, 0.4) is 0 Å². The summed E-state index contributed by atoms with van der Waals surface area (Å²) in [5.41, 5.74) is -0.383. The summed E-state index contributed by atoms with van der Waals surface area (Å²) >= 11 is 0. The molecule has 0 saturated heterocycles. The summed E-state index contributed by atoms with van der Waals surface area (Å²) in [6.07, 6.45) is 3.37. The molecule has 0 fully saturated rings. The highest BCUT2D eigenvalue weighted by molar-refractivity contribution is 5.94. The molecule has 1 atom stereocenters. The Bertz CT molecular complexity index is 1110. The standard InChI is InChI=1S/C22H24FN5O3/c1-13(15-8-10-24-11-9-15)28-22(2,3)21-26-17(18(29)20(31)27-21)19(30)25-12-14-4-6-16(23)7-5-14/h4-11,13,28-29H,12H2,1-3H3,(H,25,30)(H,26,27,31). The number of rotatable bonds is 7. The van der Waals surface area contributed by atoms with Crippen LogP contribution in [0.25, 0.3) is 0 Å². The van der Waals surface area contributed by atoms with Gasteiger partial charge in [0.2, 0.25) is 5.75 Å². The molecule has 0 aliphatic heterocycles. The molecule has 0 aliphatic carbocycles. The topological polar surface area (TPSA) is 120 Å². The second-order valence-electron chi connectivity index (χ2n) is 7.69. The Morgan fingerprint density at radius 3 is 2.48 bits per heavy atom. The van der Waals surface area contributed by atoms with Crippen molar-refractivity contribution in [2.45, 2.75) is 38.9 Å². The third kappa shape index (κ3) is 5.32. The number of halogens is 1. The molecule has 31 heavy (non-hydrogen) atoms. The summed E-state index contributed by atoms with van der Waals surface area (Å²) in [5.74, 6) is -1.67. The first kappa shape index (κ1) is 22.1. The van der Waals surface area contributed by atoms with Crippen LogP contribution in [0, 0.1) is 5.82 Å². The van der Waals surface area contributed by atoms with Gasteiger partial charge in [-0.05, 0) is 56.2 Å². The van der Waals surface area contributed by atoms with E-state index in [4.69, 9.17) is 0 Å². The number of nitrogens with one attached hydrogen (secondary N) is 3. The first-order valence-corrected chi connectivity index (χ1v) is 9.71. The second kappa shape index (κ2) is 9.05. The van der Waals surface area contributed by atoms with Crippen LogP contribution in [-0.4, -0.2) is 26.0 Å². The summed E-state index contributed by atoms with van der Waals surface area (Å²) < 4.78 is 13.0. The summed E-state index contributed by atoms with van der Waals surface area (Å²) in [5, 5.41) is 16.0. The lowest BCUT2D eigenvalue weighted by atomic mass is 10.00. The Morgan fingerprint density at radius 1 is 1.19 bits per heavy atom. The Hall–Kier alpha value is -3.59. The zero-order valence-corrected chi connectivity index (χ0v) is 17.4. The molecule has 3 aromatic rings. The first-order valence-electron chi connectivity index (χ1n) is 9.71. The third-order valence-corrected chi connectivity index (χ3v) is 4.85. The number of hydrogen-bond donors (Lipinski definition) is 4. The molecule has 8 nitrogen and oxygen atoms in total. The average Bonchev–Trinajstić information content (AvgIpc) is 2.75. The summed E-state index contributed by atoms with van der Waals surface area (Å²) in [4.78, 5) is 35.6. The number of amides is 1. The molecule has 1 unspecified atom stereocenters. The Labute approximate surface area is 178 Å². The van der Waals surface area contributed by atoms with Crippen LogP contribution in [0.2, 0.25) is 0 Å². The molecule has 0 bridgehead atoms. The molecule has 1 aromatic carbocycles. The fraction of sp³-hybridized carbons (Fsp3) is 0.273. The highest BCUT2D eigenvalue weighted by atomic mass is 19.1. The number of benzene rings is 1. The fourth-order valence-corrected chi connectivity index (χ4v) is 3.13. The summed E-state index contributed by atoms with van der Waals surface area (Å²) in [6, 6.07) is 9.25. The molecule has 4 N–H and O–H groups in total. The van der Waals surface area contributed by atoms with Crippen LogP contribution in [-0.2, 0) is 12.1 Å². The monoisotopic (exact) mass is 425 g/mol. The van der Waals surface area contributed by atoms with E-state index in [0.717, 1.165) is 5.56 Å². The average molecular weight is 425 g/mol. The molecule has 3 rings (SSSR count). The van der Waals surface area contributed by atoms with E-state index in [2.05, 4.69) is 25.6 Å². The quantitative estimate of drug-likeness (QED) is 0.462. The maximum absolute atomic E-state index is 13.0. The van der Waals surface area contributed by atoms with Gasteiger partial charge in [0.1, 0.15) is 11.6 Å². The Balaban J connectivity index is 1.81. The van der Waals surface area contributed by atoms with Gasteiger partial charge in [0.25, 0.3) is 11.5 Å². The molecule has 2 aromatic heterocycles. The van der Waals surface area contributed by atoms with Crippen molar-refractivity contribution in [2.75, 3.05) is 0 Å². The van der Waals surface area contributed by atoms with Gasteiger partial charge in [-0.25, -0.2) is 9.37 Å². The van der Waals surface area contributed by atoms with Gasteiger partial charge in [0.15, 0.2) is 5.69 Å². The number of aromatic amines is 1. The normalized spacial score (nSPS) is 12.4. The Morgan fingerprint density at radius 2 is 1.84 bits per heavy atom. The number of hydrogen-bond acceptors (Lipinski definition) is 6. The van der Waals surface area contributed by atoms with E-state index in [1.54, 1.807) is 26.2 Å². The summed E-state index contributed by atoms with van der Waals surface area (Å²) in [6.45, 7) is 5.65. The van der Waals surface area contributed by atoms with Crippen molar-refractivity contribution in [2.24, 2.45) is 0 Å². The van der Waals surface area contributed by atoms with Crippen LogP contribution >= 0.6 is 0 Å². The predicted molar refractivity (Wildman–Crippen MR) is 113 cm³/mol. The van der Waals surface area contributed by atoms with Gasteiger partial charge in [-0.2, -0.15) is 0 Å². The number of aromatic hydroxyl groups is 1. The van der Waals surface area contributed by atoms with Crippen molar-refractivity contribution in [3.8, 4) is 5.75 Å². The van der Waals surface area contributed by atoms with E-state index >= 15 is 0 Å². The van der Waals surface area contributed by atoms with Crippen LogP contribution in [0.15, 0.2) is 53.6 Å².